The molecule has 0 saturated carbocycles. The Balaban J connectivity index is 1.83. The van der Waals surface area contributed by atoms with Crippen LogP contribution in [0.4, 0.5) is 11.4 Å². The third-order valence-corrected chi connectivity index (χ3v) is 5.06. The third kappa shape index (κ3) is 3.90. The van der Waals surface area contributed by atoms with Crippen LogP contribution in [0.5, 0.6) is 0 Å². The molecule has 2 aromatic rings. The van der Waals surface area contributed by atoms with E-state index < -0.39 is 0 Å². The highest BCUT2D eigenvalue weighted by Gasteiger charge is 2.18. The average Bonchev–Trinajstić information content (AvgIpc) is 3.16. The van der Waals surface area contributed by atoms with Crippen molar-refractivity contribution in [2.45, 2.75) is 52.4 Å². The number of rotatable bonds is 5. The topological polar surface area (TPSA) is 45.2 Å². The Morgan fingerprint density at radius 1 is 1.00 bits per heavy atom. The van der Waals surface area contributed by atoms with E-state index in [1.807, 2.05) is 18.3 Å². The molecule has 0 radical (unpaired) electrons. The van der Waals surface area contributed by atoms with Crippen LogP contribution < -0.4 is 10.2 Å². The van der Waals surface area contributed by atoms with E-state index in [9.17, 15) is 4.79 Å². The van der Waals surface area contributed by atoms with E-state index in [-0.39, 0.29) is 5.91 Å². The number of anilines is 2. The third-order valence-electron chi connectivity index (χ3n) is 5.06. The number of para-hydroxylation sites is 1. The van der Waals surface area contributed by atoms with Crippen LogP contribution in [0.2, 0.25) is 0 Å². The Kier molecular flexibility index (Phi) is 5.60. The lowest BCUT2D eigenvalue weighted by Gasteiger charge is -2.20. The molecule has 1 aromatic heterocycles. The number of amides is 1. The van der Waals surface area contributed by atoms with Crippen LogP contribution in [0.1, 0.15) is 74.0 Å². The minimum Gasteiger partial charge on any atom is -0.370 e. The molecule has 1 fully saturated rings. The van der Waals surface area contributed by atoms with Gasteiger partial charge in [0, 0.05) is 18.8 Å². The van der Waals surface area contributed by atoms with Gasteiger partial charge in [0.25, 0.3) is 5.91 Å². The summed E-state index contributed by atoms with van der Waals surface area (Å²) in [6.07, 6.45) is 4.27. The van der Waals surface area contributed by atoms with Gasteiger partial charge in [-0.3, -0.25) is 4.79 Å². The van der Waals surface area contributed by atoms with Gasteiger partial charge in [0.05, 0.1) is 11.9 Å². The molecular formula is C22H29N3O. The number of nitrogens with zero attached hydrogens (tertiary/aromatic N) is 2. The first kappa shape index (κ1) is 18.4. The quantitative estimate of drug-likeness (QED) is 0.807. The fourth-order valence-electron chi connectivity index (χ4n) is 3.56. The predicted molar refractivity (Wildman–Crippen MR) is 108 cm³/mol. The van der Waals surface area contributed by atoms with Crippen LogP contribution >= 0.6 is 0 Å². The van der Waals surface area contributed by atoms with E-state index in [4.69, 9.17) is 0 Å². The van der Waals surface area contributed by atoms with Crippen molar-refractivity contribution in [2.24, 2.45) is 0 Å². The SMILES string of the molecule is CC(C)c1cccc(C(C)C)c1NC(=O)c1ccc(N2CCCC2)cn1. The highest BCUT2D eigenvalue weighted by molar-refractivity contribution is 6.04. The number of nitrogens with one attached hydrogen (secondary N) is 1. The zero-order chi connectivity index (χ0) is 18.7. The molecule has 1 aliphatic heterocycles. The Morgan fingerprint density at radius 3 is 2.12 bits per heavy atom. The molecule has 2 heterocycles. The van der Waals surface area contributed by atoms with E-state index >= 15 is 0 Å². The first-order chi connectivity index (χ1) is 12.5. The molecule has 4 nitrogen and oxygen atoms in total. The molecule has 0 atom stereocenters. The number of carbonyl (C=O) groups is 1. The Bertz CT molecular complexity index is 733. The predicted octanol–water partition coefficient (Wildman–Crippen LogP) is 5.18. The molecule has 26 heavy (non-hydrogen) atoms. The van der Waals surface area contributed by atoms with E-state index in [0.29, 0.717) is 17.5 Å². The largest absolute Gasteiger partial charge is 0.370 e. The molecule has 0 spiro atoms. The summed E-state index contributed by atoms with van der Waals surface area (Å²) >= 11 is 0. The number of hydrogen-bond acceptors (Lipinski definition) is 3. The van der Waals surface area contributed by atoms with E-state index in [0.717, 1.165) is 24.5 Å². The second kappa shape index (κ2) is 7.90. The number of pyridine rings is 1. The van der Waals surface area contributed by atoms with E-state index in [2.05, 4.69) is 61.1 Å². The molecule has 138 valence electrons. The molecule has 3 rings (SSSR count). The van der Waals surface area contributed by atoms with Gasteiger partial charge in [-0.15, -0.1) is 0 Å². The van der Waals surface area contributed by atoms with Crippen LogP contribution in [0, 0.1) is 0 Å². The maximum atomic E-state index is 12.8. The maximum absolute atomic E-state index is 12.8. The smallest absolute Gasteiger partial charge is 0.274 e. The highest BCUT2D eigenvalue weighted by Crippen LogP contribution is 2.32. The lowest BCUT2D eigenvalue weighted by atomic mass is 9.92. The van der Waals surface area contributed by atoms with Crippen LogP contribution in [0.15, 0.2) is 36.5 Å². The number of hydrogen-bond donors (Lipinski definition) is 1. The second-order valence-corrected chi connectivity index (χ2v) is 7.67. The van der Waals surface area contributed by atoms with Gasteiger partial charge in [0.15, 0.2) is 0 Å². The summed E-state index contributed by atoms with van der Waals surface area (Å²) in [4.78, 5) is 19.5. The fourth-order valence-corrected chi connectivity index (χ4v) is 3.56. The van der Waals surface area contributed by atoms with Gasteiger partial charge in [-0.25, -0.2) is 4.98 Å². The fraction of sp³-hybridized carbons (Fsp3) is 0.455. The summed E-state index contributed by atoms with van der Waals surface area (Å²) < 4.78 is 0. The molecule has 1 saturated heterocycles. The van der Waals surface area contributed by atoms with Crippen molar-refractivity contribution < 1.29 is 4.79 Å². The Labute approximate surface area is 156 Å². The van der Waals surface area contributed by atoms with Crippen molar-refractivity contribution in [3.8, 4) is 0 Å². The summed E-state index contributed by atoms with van der Waals surface area (Å²) in [6.45, 7) is 10.8. The zero-order valence-corrected chi connectivity index (χ0v) is 16.2. The van der Waals surface area contributed by atoms with Crippen LogP contribution in [-0.2, 0) is 0 Å². The first-order valence-corrected chi connectivity index (χ1v) is 9.62. The number of carbonyl (C=O) groups excluding carboxylic acids is 1. The van der Waals surface area contributed by atoms with Gasteiger partial charge in [-0.2, -0.15) is 0 Å². The number of aromatic nitrogens is 1. The lowest BCUT2D eigenvalue weighted by molar-refractivity contribution is 0.102. The van der Waals surface area contributed by atoms with Crippen LogP contribution in [0.3, 0.4) is 0 Å². The van der Waals surface area contributed by atoms with Gasteiger partial charge in [0.1, 0.15) is 5.69 Å². The van der Waals surface area contributed by atoms with Crippen molar-refractivity contribution in [1.29, 1.82) is 0 Å². The summed E-state index contributed by atoms with van der Waals surface area (Å²) in [5.74, 6) is 0.539. The lowest BCUT2D eigenvalue weighted by Crippen LogP contribution is -2.20. The van der Waals surface area contributed by atoms with Crippen molar-refractivity contribution in [3.05, 3.63) is 53.3 Å². The van der Waals surface area contributed by atoms with Crippen LogP contribution in [-0.4, -0.2) is 24.0 Å². The van der Waals surface area contributed by atoms with Crippen LogP contribution in [0.25, 0.3) is 0 Å². The van der Waals surface area contributed by atoms with Gasteiger partial charge in [0.2, 0.25) is 0 Å². The van der Waals surface area contributed by atoms with Gasteiger partial charge in [-0.05, 0) is 47.9 Å². The number of benzene rings is 1. The molecule has 1 amide bonds. The first-order valence-electron chi connectivity index (χ1n) is 9.62. The summed E-state index contributed by atoms with van der Waals surface area (Å²) in [5.41, 5.74) is 4.83. The molecule has 1 aliphatic rings. The summed E-state index contributed by atoms with van der Waals surface area (Å²) in [5, 5.41) is 3.13. The second-order valence-electron chi connectivity index (χ2n) is 7.67. The van der Waals surface area contributed by atoms with Crippen molar-refractivity contribution in [2.75, 3.05) is 23.3 Å². The highest BCUT2D eigenvalue weighted by atomic mass is 16.1. The molecule has 1 N–H and O–H groups in total. The Morgan fingerprint density at radius 2 is 1.62 bits per heavy atom. The van der Waals surface area contributed by atoms with Gasteiger partial charge >= 0.3 is 0 Å². The Hall–Kier alpha value is -2.36. The summed E-state index contributed by atoms with van der Waals surface area (Å²) in [6, 6.07) is 10.1. The van der Waals surface area contributed by atoms with Crippen molar-refractivity contribution in [1.82, 2.24) is 4.98 Å². The van der Waals surface area contributed by atoms with E-state index in [1.54, 1.807) is 0 Å². The van der Waals surface area contributed by atoms with E-state index in [1.165, 1.54) is 24.0 Å². The molecule has 0 bridgehead atoms. The molecule has 0 aliphatic carbocycles. The molecule has 0 unspecified atom stereocenters. The molecule has 4 heteroatoms. The average molecular weight is 351 g/mol. The normalized spacial score (nSPS) is 14.3. The van der Waals surface area contributed by atoms with Crippen molar-refractivity contribution >= 4 is 17.3 Å². The minimum atomic E-state index is -0.145. The minimum absolute atomic E-state index is 0.145. The maximum Gasteiger partial charge on any atom is 0.274 e. The molecule has 1 aromatic carbocycles. The van der Waals surface area contributed by atoms with Crippen molar-refractivity contribution in [3.63, 3.8) is 0 Å². The molecular weight excluding hydrogens is 322 g/mol. The van der Waals surface area contributed by atoms with Gasteiger partial charge in [-0.1, -0.05) is 45.9 Å². The zero-order valence-electron chi connectivity index (χ0n) is 16.2. The van der Waals surface area contributed by atoms with Gasteiger partial charge < -0.3 is 10.2 Å². The standard InChI is InChI=1S/C22H29N3O/c1-15(2)18-8-7-9-19(16(3)4)21(18)24-22(26)20-11-10-17(14-23-20)25-12-5-6-13-25/h7-11,14-16H,5-6,12-13H2,1-4H3,(H,24,26). The summed E-state index contributed by atoms with van der Waals surface area (Å²) in [7, 11) is 0. The monoisotopic (exact) mass is 351 g/mol.